The van der Waals surface area contributed by atoms with E-state index in [1.807, 2.05) is 22.6 Å². The number of hydrogen-bond donors (Lipinski definition) is 2. The summed E-state index contributed by atoms with van der Waals surface area (Å²) in [6.07, 6.45) is 1.09. The molecule has 0 unspecified atom stereocenters. The minimum Gasteiger partial charge on any atom is -0.384 e. The molecule has 1 aromatic carbocycles. The quantitative estimate of drug-likeness (QED) is 0.331. The first-order chi connectivity index (χ1) is 8.29. The fraction of sp³-hybridized carbons (Fsp3) is 0.333. The minimum atomic E-state index is -3.19. The van der Waals surface area contributed by atoms with Gasteiger partial charge in [-0.2, -0.15) is 0 Å². The predicted octanol–water partition coefficient (Wildman–Crippen LogP) is 1.16. The first kappa shape index (κ1) is 15.1. The first-order valence-corrected chi connectivity index (χ1v) is 7.89. The van der Waals surface area contributed by atoms with Crippen LogP contribution in [0.25, 0.3) is 0 Å². The molecule has 0 bridgehead atoms. The molecule has 0 amide bonds. The van der Waals surface area contributed by atoms with Crippen molar-refractivity contribution in [2.24, 2.45) is 0 Å². The largest absolute Gasteiger partial charge is 0.384 e. The number of benzene rings is 1. The van der Waals surface area contributed by atoms with E-state index in [2.05, 4.69) is 10.0 Å². The van der Waals surface area contributed by atoms with Crippen LogP contribution in [0.1, 0.15) is 0 Å². The van der Waals surface area contributed by atoms with Gasteiger partial charge in [0.05, 0.1) is 14.7 Å². The van der Waals surface area contributed by atoms with Gasteiger partial charge in [0.1, 0.15) is 0 Å². The molecule has 0 heterocycles. The molecule has 0 fully saturated rings. The van der Waals surface area contributed by atoms with Crippen molar-refractivity contribution in [3.63, 3.8) is 0 Å². The van der Waals surface area contributed by atoms with Crippen molar-refractivity contribution in [2.75, 3.05) is 24.7 Å². The average Bonchev–Trinajstić information content (AvgIpc) is 2.22. The van der Waals surface area contributed by atoms with E-state index in [0.29, 0.717) is 15.8 Å². The second-order valence-electron chi connectivity index (χ2n) is 3.52. The summed E-state index contributed by atoms with van der Waals surface area (Å²) in [5, 5.41) is 13.6. The van der Waals surface area contributed by atoms with E-state index in [0.717, 1.165) is 6.26 Å². The van der Waals surface area contributed by atoms with Gasteiger partial charge < -0.3 is 5.32 Å². The number of sulfonamides is 1. The van der Waals surface area contributed by atoms with Crippen molar-refractivity contribution in [2.45, 2.75) is 0 Å². The maximum Gasteiger partial charge on any atom is 0.282 e. The monoisotopic (exact) mass is 385 g/mol. The zero-order valence-electron chi connectivity index (χ0n) is 9.51. The van der Waals surface area contributed by atoms with E-state index < -0.39 is 14.9 Å². The molecule has 0 aliphatic heterocycles. The van der Waals surface area contributed by atoms with Crippen molar-refractivity contribution in [3.8, 4) is 0 Å². The van der Waals surface area contributed by atoms with Crippen LogP contribution in [0.3, 0.4) is 0 Å². The van der Waals surface area contributed by atoms with Gasteiger partial charge in [0.15, 0.2) is 0 Å². The van der Waals surface area contributed by atoms with E-state index >= 15 is 0 Å². The number of rotatable bonds is 6. The lowest BCUT2D eigenvalue weighted by Crippen LogP contribution is -2.27. The van der Waals surface area contributed by atoms with Crippen LogP contribution in [0.4, 0.5) is 11.4 Å². The summed E-state index contributed by atoms with van der Waals surface area (Å²) in [7, 11) is -3.19. The molecule has 0 saturated heterocycles. The summed E-state index contributed by atoms with van der Waals surface area (Å²) in [5.74, 6) is 0. The van der Waals surface area contributed by atoms with Crippen molar-refractivity contribution in [1.29, 1.82) is 0 Å². The number of nitro groups is 1. The van der Waals surface area contributed by atoms with E-state index in [4.69, 9.17) is 0 Å². The standard InChI is InChI=1S/C9H12IN3O4S/c1-18(16,17)12-5-4-11-7-2-3-9(13(14)15)8(10)6-7/h2-3,6,11-12H,4-5H2,1H3. The molecule has 2 N–H and O–H groups in total. The van der Waals surface area contributed by atoms with Crippen LogP contribution in [0.5, 0.6) is 0 Å². The maximum atomic E-state index is 10.8. The maximum absolute atomic E-state index is 10.8. The van der Waals surface area contributed by atoms with Crippen LogP contribution < -0.4 is 10.0 Å². The van der Waals surface area contributed by atoms with E-state index in [1.165, 1.54) is 6.07 Å². The van der Waals surface area contributed by atoms with Crippen molar-refractivity contribution in [1.82, 2.24) is 4.72 Å². The number of anilines is 1. The third kappa shape index (κ3) is 5.14. The van der Waals surface area contributed by atoms with Crippen LogP contribution in [0.2, 0.25) is 0 Å². The Balaban J connectivity index is 2.54. The molecule has 0 aliphatic rings. The second kappa shape index (κ2) is 6.29. The lowest BCUT2D eigenvalue weighted by Gasteiger charge is -2.07. The summed E-state index contributed by atoms with van der Waals surface area (Å²) < 4.78 is 24.5. The summed E-state index contributed by atoms with van der Waals surface area (Å²) in [6.45, 7) is 0.660. The minimum absolute atomic E-state index is 0.0513. The summed E-state index contributed by atoms with van der Waals surface area (Å²) in [4.78, 5) is 10.2. The Kier molecular flexibility index (Phi) is 5.28. The molecule has 0 spiro atoms. The molecular formula is C9H12IN3O4S. The Morgan fingerprint density at radius 1 is 1.39 bits per heavy atom. The van der Waals surface area contributed by atoms with Gasteiger partial charge in [-0.1, -0.05) is 0 Å². The zero-order chi connectivity index (χ0) is 13.8. The van der Waals surface area contributed by atoms with Gasteiger partial charge in [0.2, 0.25) is 10.0 Å². The van der Waals surface area contributed by atoms with Gasteiger partial charge in [0, 0.05) is 24.8 Å². The Morgan fingerprint density at radius 2 is 2.06 bits per heavy atom. The predicted molar refractivity (Wildman–Crippen MR) is 77.1 cm³/mol. The molecule has 0 aromatic heterocycles. The Labute approximate surface area is 118 Å². The van der Waals surface area contributed by atoms with Crippen LogP contribution in [0.15, 0.2) is 18.2 Å². The molecule has 7 nitrogen and oxygen atoms in total. The fourth-order valence-electron chi connectivity index (χ4n) is 1.21. The molecule has 0 radical (unpaired) electrons. The molecule has 1 aromatic rings. The lowest BCUT2D eigenvalue weighted by molar-refractivity contribution is -0.385. The molecular weight excluding hydrogens is 373 g/mol. The Hall–Kier alpha value is -0.940. The number of hydrogen-bond acceptors (Lipinski definition) is 5. The zero-order valence-corrected chi connectivity index (χ0v) is 12.5. The van der Waals surface area contributed by atoms with Gasteiger partial charge in [-0.3, -0.25) is 10.1 Å². The van der Waals surface area contributed by atoms with Crippen LogP contribution >= 0.6 is 22.6 Å². The first-order valence-electron chi connectivity index (χ1n) is 4.92. The fourth-order valence-corrected chi connectivity index (χ4v) is 2.39. The van der Waals surface area contributed by atoms with E-state index in [-0.39, 0.29) is 12.2 Å². The lowest BCUT2D eigenvalue weighted by atomic mass is 10.3. The highest BCUT2D eigenvalue weighted by Crippen LogP contribution is 2.23. The smallest absolute Gasteiger partial charge is 0.282 e. The number of halogens is 1. The molecule has 1 rings (SSSR count). The third-order valence-electron chi connectivity index (χ3n) is 1.96. The number of nitrogens with zero attached hydrogens (tertiary/aromatic N) is 1. The molecule has 0 aliphatic carbocycles. The normalized spacial score (nSPS) is 11.2. The molecule has 100 valence electrons. The van der Waals surface area contributed by atoms with Crippen molar-refractivity contribution < 1.29 is 13.3 Å². The van der Waals surface area contributed by atoms with E-state index in [1.54, 1.807) is 12.1 Å². The SMILES string of the molecule is CS(=O)(=O)NCCNc1ccc([N+](=O)[O-])c(I)c1. The van der Waals surface area contributed by atoms with Gasteiger partial charge >= 0.3 is 0 Å². The van der Waals surface area contributed by atoms with E-state index in [9.17, 15) is 18.5 Å². The van der Waals surface area contributed by atoms with Crippen LogP contribution in [-0.2, 0) is 10.0 Å². The Morgan fingerprint density at radius 3 is 2.56 bits per heavy atom. The highest BCUT2D eigenvalue weighted by molar-refractivity contribution is 14.1. The summed E-state index contributed by atoms with van der Waals surface area (Å²) >= 11 is 1.88. The van der Waals surface area contributed by atoms with Crippen LogP contribution in [-0.4, -0.2) is 32.7 Å². The van der Waals surface area contributed by atoms with Gasteiger partial charge in [-0.05, 0) is 34.7 Å². The summed E-state index contributed by atoms with van der Waals surface area (Å²) in [5.41, 5.74) is 0.760. The number of nitrogens with one attached hydrogen (secondary N) is 2. The summed E-state index contributed by atoms with van der Waals surface area (Å²) in [6, 6.07) is 4.63. The van der Waals surface area contributed by atoms with Crippen LogP contribution in [0, 0.1) is 13.7 Å². The highest BCUT2D eigenvalue weighted by Gasteiger charge is 2.11. The van der Waals surface area contributed by atoms with Gasteiger partial charge in [-0.15, -0.1) is 0 Å². The number of nitro benzene ring substituents is 1. The van der Waals surface area contributed by atoms with Gasteiger partial charge in [-0.25, -0.2) is 13.1 Å². The topological polar surface area (TPSA) is 101 Å². The van der Waals surface area contributed by atoms with Crippen molar-refractivity contribution >= 4 is 44.0 Å². The molecule has 9 heteroatoms. The molecule has 18 heavy (non-hydrogen) atoms. The Bertz CT molecular complexity index is 547. The molecule has 0 atom stereocenters. The second-order valence-corrected chi connectivity index (χ2v) is 6.51. The highest BCUT2D eigenvalue weighted by atomic mass is 127. The third-order valence-corrected chi connectivity index (χ3v) is 3.56. The van der Waals surface area contributed by atoms with Crippen molar-refractivity contribution in [3.05, 3.63) is 31.9 Å². The van der Waals surface area contributed by atoms with Gasteiger partial charge in [0.25, 0.3) is 5.69 Å². The molecule has 0 saturated carbocycles. The average molecular weight is 385 g/mol.